The van der Waals surface area contributed by atoms with Gasteiger partial charge >= 0.3 is 0 Å². The van der Waals surface area contributed by atoms with Crippen LogP contribution in [0, 0.1) is 0 Å². The Morgan fingerprint density at radius 3 is 2.61 bits per heavy atom. The lowest BCUT2D eigenvalue weighted by Gasteiger charge is -2.35. The molecule has 1 saturated heterocycles. The third-order valence-corrected chi connectivity index (χ3v) is 4.82. The summed E-state index contributed by atoms with van der Waals surface area (Å²) in [6.07, 6.45) is 5.04. The number of hydrogen-bond donors (Lipinski definition) is 1. The molecule has 7 heteroatoms. The van der Waals surface area contributed by atoms with Crippen LogP contribution in [0.5, 0.6) is 0 Å². The molecule has 1 aliphatic carbocycles. The van der Waals surface area contributed by atoms with Gasteiger partial charge in [-0.2, -0.15) is 5.10 Å². The molecule has 0 amide bonds. The molecule has 2 aromatic heterocycles. The standard InChI is InChI=1S/C16H24N6O/c1-10-8-22(9-11(2)23-10)16-20-19-15(21(16)3)14-12-6-4-5-7-13(12)17-18-14/h10-11H,4-9H2,1-3H3,(H,17,18)/t10-,11+. The molecule has 1 fully saturated rings. The molecule has 4 rings (SSSR count). The molecule has 2 aliphatic rings. The first-order chi connectivity index (χ1) is 11.1. The molecule has 0 spiro atoms. The lowest BCUT2D eigenvalue weighted by atomic mass is 9.96. The summed E-state index contributed by atoms with van der Waals surface area (Å²) in [7, 11) is 2.03. The van der Waals surface area contributed by atoms with E-state index in [1.165, 1.54) is 24.1 Å². The Kier molecular flexibility index (Phi) is 3.60. The number of aryl methyl sites for hydroxylation is 1. The number of morpholine rings is 1. The van der Waals surface area contributed by atoms with Gasteiger partial charge in [0.2, 0.25) is 5.95 Å². The summed E-state index contributed by atoms with van der Waals surface area (Å²) in [5.74, 6) is 1.75. The van der Waals surface area contributed by atoms with Gasteiger partial charge in [-0.15, -0.1) is 10.2 Å². The highest BCUT2D eigenvalue weighted by molar-refractivity contribution is 5.59. The van der Waals surface area contributed by atoms with Crippen molar-refractivity contribution in [3.05, 3.63) is 11.3 Å². The van der Waals surface area contributed by atoms with E-state index in [1.54, 1.807) is 0 Å². The van der Waals surface area contributed by atoms with Crippen LogP contribution in [0.1, 0.15) is 37.9 Å². The molecule has 124 valence electrons. The van der Waals surface area contributed by atoms with Crippen molar-refractivity contribution in [2.45, 2.75) is 51.7 Å². The monoisotopic (exact) mass is 316 g/mol. The largest absolute Gasteiger partial charge is 0.372 e. The maximum absolute atomic E-state index is 5.81. The first-order valence-corrected chi connectivity index (χ1v) is 8.49. The maximum atomic E-state index is 5.81. The van der Waals surface area contributed by atoms with Crippen molar-refractivity contribution in [3.8, 4) is 11.5 Å². The van der Waals surface area contributed by atoms with Crippen LogP contribution in [-0.2, 0) is 24.6 Å². The highest BCUT2D eigenvalue weighted by atomic mass is 16.5. The van der Waals surface area contributed by atoms with E-state index in [9.17, 15) is 0 Å². The van der Waals surface area contributed by atoms with E-state index in [0.29, 0.717) is 0 Å². The molecule has 7 nitrogen and oxygen atoms in total. The number of fused-ring (bicyclic) bond motifs is 1. The second-order valence-electron chi connectivity index (χ2n) is 6.78. The molecular formula is C16H24N6O. The van der Waals surface area contributed by atoms with Crippen molar-refractivity contribution in [1.82, 2.24) is 25.0 Å². The van der Waals surface area contributed by atoms with Crippen molar-refractivity contribution in [3.63, 3.8) is 0 Å². The Morgan fingerprint density at radius 1 is 1.09 bits per heavy atom. The fourth-order valence-corrected chi connectivity index (χ4v) is 3.81. The van der Waals surface area contributed by atoms with Gasteiger partial charge in [0.1, 0.15) is 5.69 Å². The van der Waals surface area contributed by atoms with Gasteiger partial charge in [0.05, 0.1) is 12.2 Å². The molecule has 3 heterocycles. The third-order valence-electron chi connectivity index (χ3n) is 4.82. The number of hydrogen-bond acceptors (Lipinski definition) is 5. The van der Waals surface area contributed by atoms with Crippen LogP contribution in [-0.4, -0.2) is 50.3 Å². The smallest absolute Gasteiger partial charge is 0.227 e. The average molecular weight is 316 g/mol. The predicted molar refractivity (Wildman–Crippen MR) is 87.4 cm³/mol. The van der Waals surface area contributed by atoms with Crippen molar-refractivity contribution in [2.75, 3.05) is 18.0 Å². The summed E-state index contributed by atoms with van der Waals surface area (Å²) >= 11 is 0. The summed E-state index contributed by atoms with van der Waals surface area (Å²) in [4.78, 5) is 2.26. The van der Waals surface area contributed by atoms with Crippen molar-refractivity contribution >= 4 is 5.95 Å². The molecule has 23 heavy (non-hydrogen) atoms. The van der Waals surface area contributed by atoms with E-state index < -0.39 is 0 Å². The molecule has 1 N–H and O–H groups in total. The van der Waals surface area contributed by atoms with Crippen molar-refractivity contribution in [1.29, 1.82) is 0 Å². The Hall–Kier alpha value is -1.89. The molecular weight excluding hydrogens is 292 g/mol. The molecule has 0 bridgehead atoms. The molecule has 2 atom stereocenters. The molecule has 0 unspecified atom stereocenters. The van der Waals surface area contributed by atoms with Gasteiger partial charge in [0, 0.05) is 31.4 Å². The average Bonchev–Trinajstić information content (AvgIpc) is 3.09. The predicted octanol–water partition coefficient (Wildman–Crippen LogP) is 1.70. The quantitative estimate of drug-likeness (QED) is 0.913. The van der Waals surface area contributed by atoms with Gasteiger partial charge < -0.3 is 9.64 Å². The van der Waals surface area contributed by atoms with Gasteiger partial charge in [-0.05, 0) is 39.5 Å². The second kappa shape index (κ2) is 5.63. The minimum absolute atomic E-state index is 0.206. The molecule has 0 radical (unpaired) electrons. The first kappa shape index (κ1) is 14.7. The molecule has 0 saturated carbocycles. The number of rotatable bonds is 2. The van der Waals surface area contributed by atoms with Crippen LogP contribution in [0.15, 0.2) is 0 Å². The van der Waals surface area contributed by atoms with Gasteiger partial charge in [-0.3, -0.25) is 9.67 Å². The van der Waals surface area contributed by atoms with Crippen molar-refractivity contribution < 1.29 is 4.74 Å². The van der Waals surface area contributed by atoms with Crippen LogP contribution in [0.4, 0.5) is 5.95 Å². The lowest BCUT2D eigenvalue weighted by molar-refractivity contribution is -0.00586. The Morgan fingerprint density at radius 2 is 1.83 bits per heavy atom. The highest BCUT2D eigenvalue weighted by Crippen LogP contribution is 2.30. The fourth-order valence-electron chi connectivity index (χ4n) is 3.81. The van der Waals surface area contributed by atoms with Crippen LogP contribution in [0.3, 0.4) is 0 Å². The van der Waals surface area contributed by atoms with E-state index in [1.807, 2.05) is 7.05 Å². The summed E-state index contributed by atoms with van der Waals surface area (Å²) in [6, 6.07) is 0. The highest BCUT2D eigenvalue weighted by Gasteiger charge is 2.28. The number of aromatic nitrogens is 5. The molecule has 1 aliphatic heterocycles. The third kappa shape index (κ3) is 2.52. The van der Waals surface area contributed by atoms with E-state index in [0.717, 1.165) is 43.4 Å². The van der Waals surface area contributed by atoms with Crippen LogP contribution in [0.2, 0.25) is 0 Å². The summed E-state index contributed by atoms with van der Waals surface area (Å²) in [5, 5.41) is 16.6. The first-order valence-electron chi connectivity index (χ1n) is 8.49. The Bertz CT molecular complexity index is 695. The van der Waals surface area contributed by atoms with Crippen molar-refractivity contribution in [2.24, 2.45) is 7.05 Å². The van der Waals surface area contributed by atoms with E-state index in [2.05, 4.69) is 43.7 Å². The lowest BCUT2D eigenvalue weighted by Crippen LogP contribution is -2.46. The summed E-state index contributed by atoms with van der Waals surface area (Å²) < 4.78 is 7.88. The zero-order valence-electron chi connectivity index (χ0n) is 14.0. The minimum atomic E-state index is 0.206. The van der Waals surface area contributed by atoms with Gasteiger partial charge in [0.25, 0.3) is 0 Å². The second-order valence-corrected chi connectivity index (χ2v) is 6.78. The minimum Gasteiger partial charge on any atom is -0.372 e. The summed E-state index contributed by atoms with van der Waals surface area (Å²) in [6.45, 7) is 5.89. The van der Waals surface area contributed by atoms with E-state index >= 15 is 0 Å². The molecule has 0 aromatic carbocycles. The summed E-state index contributed by atoms with van der Waals surface area (Å²) in [5.41, 5.74) is 3.56. The molecule has 2 aromatic rings. The number of nitrogens with one attached hydrogen (secondary N) is 1. The Balaban J connectivity index is 1.67. The normalized spacial score (nSPS) is 24.7. The zero-order valence-corrected chi connectivity index (χ0v) is 14.0. The Labute approximate surface area is 136 Å². The van der Waals surface area contributed by atoms with Gasteiger partial charge in [0.15, 0.2) is 5.82 Å². The number of H-pyrrole nitrogens is 1. The van der Waals surface area contributed by atoms with E-state index in [4.69, 9.17) is 4.74 Å². The number of ether oxygens (including phenoxy) is 1. The van der Waals surface area contributed by atoms with Gasteiger partial charge in [-0.1, -0.05) is 0 Å². The van der Waals surface area contributed by atoms with E-state index in [-0.39, 0.29) is 12.2 Å². The fraction of sp³-hybridized carbons (Fsp3) is 0.688. The topological polar surface area (TPSA) is 71.9 Å². The number of nitrogens with zero attached hydrogens (tertiary/aromatic N) is 5. The number of anilines is 1. The van der Waals surface area contributed by atoms with Crippen LogP contribution < -0.4 is 4.90 Å². The SMILES string of the molecule is C[C@@H]1CN(c2nnc(-c3n[nH]c4c3CCCC4)n2C)C[C@H](C)O1. The maximum Gasteiger partial charge on any atom is 0.227 e. The van der Waals surface area contributed by atoms with Gasteiger partial charge in [-0.25, -0.2) is 0 Å². The van der Waals surface area contributed by atoms with Crippen LogP contribution in [0.25, 0.3) is 11.5 Å². The van der Waals surface area contributed by atoms with Crippen LogP contribution >= 0.6 is 0 Å². The zero-order chi connectivity index (χ0) is 16.0. The number of aromatic amines is 1.